The third-order valence-electron chi connectivity index (χ3n) is 3.94. The quantitative estimate of drug-likeness (QED) is 0.914. The number of rotatable bonds is 5. The Morgan fingerprint density at radius 3 is 3.00 bits per heavy atom. The number of carbonyl (C=O) groups is 1. The third kappa shape index (κ3) is 3.33. The minimum atomic E-state index is -0.206. The summed E-state index contributed by atoms with van der Waals surface area (Å²) in [6, 6.07) is 10.0. The van der Waals surface area contributed by atoms with Crippen LogP contribution in [0, 0.1) is 0 Å². The van der Waals surface area contributed by atoms with Crippen LogP contribution in [0.2, 0.25) is 0 Å². The smallest absolute Gasteiger partial charge is 0.273 e. The Labute approximate surface area is 129 Å². The zero-order chi connectivity index (χ0) is 15.4. The van der Waals surface area contributed by atoms with Gasteiger partial charge in [-0.05, 0) is 25.3 Å². The summed E-state index contributed by atoms with van der Waals surface area (Å²) in [5, 5.41) is 10.9. The van der Waals surface area contributed by atoms with E-state index in [9.17, 15) is 4.79 Å². The summed E-state index contributed by atoms with van der Waals surface area (Å²) in [5.74, 6) is -0.206. The first-order valence-corrected chi connectivity index (χ1v) is 7.60. The van der Waals surface area contributed by atoms with E-state index in [1.807, 2.05) is 37.3 Å². The zero-order valence-corrected chi connectivity index (χ0v) is 12.6. The Hall–Kier alpha value is -2.21. The Morgan fingerprint density at radius 1 is 1.45 bits per heavy atom. The van der Waals surface area contributed by atoms with Crippen LogP contribution in [-0.4, -0.2) is 40.2 Å². The van der Waals surface area contributed by atoms with E-state index in [2.05, 4.69) is 15.6 Å². The fraction of sp³-hybridized carbons (Fsp3) is 0.438. The van der Waals surface area contributed by atoms with Gasteiger partial charge in [-0.3, -0.25) is 4.79 Å². The summed E-state index contributed by atoms with van der Waals surface area (Å²) in [6.07, 6.45) is 3.87. The van der Waals surface area contributed by atoms with Gasteiger partial charge < -0.3 is 10.1 Å². The molecule has 1 aliphatic heterocycles. The van der Waals surface area contributed by atoms with Crippen LogP contribution in [0.15, 0.2) is 36.5 Å². The molecule has 1 amide bonds. The van der Waals surface area contributed by atoms with Crippen molar-refractivity contribution in [1.82, 2.24) is 20.3 Å². The first-order chi connectivity index (χ1) is 10.7. The largest absolute Gasteiger partial charge is 0.376 e. The van der Waals surface area contributed by atoms with Crippen LogP contribution >= 0.6 is 0 Å². The molecule has 6 nitrogen and oxygen atoms in total. The zero-order valence-electron chi connectivity index (χ0n) is 12.6. The van der Waals surface area contributed by atoms with E-state index in [0.717, 1.165) is 25.0 Å². The molecule has 1 fully saturated rings. The summed E-state index contributed by atoms with van der Waals surface area (Å²) < 4.78 is 7.19. The van der Waals surface area contributed by atoms with Gasteiger partial charge in [0.2, 0.25) is 0 Å². The summed E-state index contributed by atoms with van der Waals surface area (Å²) in [5.41, 5.74) is 1.46. The Balaban J connectivity index is 1.61. The van der Waals surface area contributed by atoms with E-state index < -0.39 is 0 Å². The van der Waals surface area contributed by atoms with E-state index in [0.29, 0.717) is 12.2 Å². The fourth-order valence-corrected chi connectivity index (χ4v) is 2.56. The Morgan fingerprint density at radius 2 is 2.27 bits per heavy atom. The highest BCUT2D eigenvalue weighted by Gasteiger charge is 2.19. The highest BCUT2D eigenvalue weighted by atomic mass is 16.5. The SMILES string of the molecule is C[C@H](c1ccccc1)n1cc(C(=O)NC[C@H]2CCCO2)nn1. The summed E-state index contributed by atoms with van der Waals surface area (Å²) in [6.45, 7) is 3.34. The van der Waals surface area contributed by atoms with Crippen LogP contribution in [0.1, 0.15) is 41.9 Å². The van der Waals surface area contributed by atoms with Crippen molar-refractivity contribution < 1.29 is 9.53 Å². The van der Waals surface area contributed by atoms with Crippen molar-refractivity contribution in [3.8, 4) is 0 Å². The molecule has 0 aliphatic carbocycles. The molecule has 1 aromatic carbocycles. The molecule has 3 rings (SSSR count). The predicted molar refractivity (Wildman–Crippen MR) is 81.6 cm³/mol. The number of hydrogen-bond donors (Lipinski definition) is 1. The highest BCUT2D eigenvalue weighted by Crippen LogP contribution is 2.16. The van der Waals surface area contributed by atoms with Gasteiger partial charge in [-0.15, -0.1) is 5.10 Å². The van der Waals surface area contributed by atoms with Crippen LogP contribution in [0.4, 0.5) is 0 Å². The number of aromatic nitrogens is 3. The Bertz CT molecular complexity index is 620. The van der Waals surface area contributed by atoms with Gasteiger partial charge in [0.05, 0.1) is 18.3 Å². The molecule has 22 heavy (non-hydrogen) atoms. The molecule has 1 aliphatic rings. The molecule has 0 radical (unpaired) electrons. The maximum atomic E-state index is 12.1. The maximum absolute atomic E-state index is 12.1. The summed E-state index contributed by atoms with van der Waals surface area (Å²) in [4.78, 5) is 12.1. The van der Waals surface area contributed by atoms with Gasteiger partial charge in [0.15, 0.2) is 5.69 Å². The molecular weight excluding hydrogens is 280 g/mol. The minimum absolute atomic E-state index is 0.0356. The van der Waals surface area contributed by atoms with Crippen molar-refractivity contribution in [3.63, 3.8) is 0 Å². The molecule has 2 aromatic rings. The molecular formula is C16H20N4O2. The van der Waals surface area contributed by atoms with Crippen LogP contribution in [0.3, 0.4) is 0 Å². The molecule has 1 saturated heterocycles. The van der Waals surface area contributed by atoms with Crippen molar-refractivity contribution in [1.29, 1.82) is 0 Å². The van der Waals surface area contributed by atoms with E-state index in [1.165, 1.54) is 0 Å². The number of ether oxygens (including phenoxy) is 1. The van der Waals surface area contributed by atoms with Gasteiger partial charge in [0, 0.05) is 13.2 Å². The van der Waals surface area contributed by atoms with E-state index >= 15 is 0 Å². The lowest BCUT2D eigenvalue weighted by Crippen LogP contribution is -2.32. The van der Waals surface area contributed by atoms with Gasteiger partial charge in [-0.1, -0.05) is 35.5 Å². The number of benzene rings is 1. The second kappa shape index (κ2) is 6.70. The predicted octanol–water partition coefficient (Wildman–Crippen LogP) is 1.80. The van der Waals surface area contributed by atoms with Gasteiger partial charge in [-0.25, -0.2) is 4.68 Å². The van der Waals surface area contributed by atoms with Gasteiger partial charge >= 0.3 is 0 Å². The third-order valence-corrected chi connectivity index (χ3v) is 3.94. The van der Waals surface area contributed by atoms with Gasteiger partial charge in [-0.2, -0.15) is 0 Å². The molecule has 0 spiro atoms. The molecule has 1 N–H and O–H groups in total. The number of hydrogen-bond acceptors (Lipinski definition) is 4. The summed E-state index contributed by atoms with van der Waals surface area (Å²) in [7, 11) is 0. The lowest BCUT2D eigenvalue weighted by Gasteiger charge is -2.11. The normalized spacial score (nSPS) is 19.0. The minimum Gasteiger partial charge on any atom is -0.376 e. The van der Waals surface area contributed by atoms with Crippen molar-refractivity contribution in [2.75, 3.05) is 13.2 Å². The van der Waals surface area contributed by atoms with E-state index in [-0.39, 0.29) is 18.1 Å². The van der Waals surface area contributed by atoms with Crippen molar-refractivity contribution in [2.24, 2.45) is 0 Å². The average molecular weight is 300 g/mol. The standard InChI is InChI=1S/C16H20N4O2/c1-12(13-6-3-2-4-7-13)20-11-15(18-19-20)16(21)17-10-14-8-5-9-22-14/h2-4,6-7,11-12,14H,5,8-10H2,1H3,(H,17,21)/t12-,14-/m1/s1. The topological polar surface area (TPSA) is 69.0 Å². The summed E-state index contributed by atoms with van der Waals surface area (Å²) >= 11 is 0. The van der Waals surface area contributed by atoms with Crippen LogP contribution in [-0.2, 0) is 4.74 Å². The number of carbonyl (C=O) groups excluding carboxylic acids is 1. The lowest BCUT2D eigenvalue weighted by atomic mass is 10.1. The van der Waals surface area contributed by atoms with Gasteiger partial charge in [0.25, 0.3) is 5.91 Å². The van der Waals surface area contributed by atoms with Crippen LogP contribution in [0.25, 0.3) is 0 Å². The molecule has 116 valence electrons. The van der Waals surface area contributed by atoms with Crippen molar-refractivity contribution in [2.45, 2.75) is 31.9 Å². The van der Waals surface area contributed by atoms with E-state index in [1.54, 1.807) is 10.9 Å². The molecule has 1 aromatic heterocycles. The number of nitrogens with zero attached hydrogens (tertiary/aromatic N) is 3. The van der Waals surface area contributed by atoms with Crippen molar-refractivity contribution in [3.05, 3.63) is 47.8 Å². The molecule has 0 bridgehead atoms. The number of nitrogens with one attached hydrogen (secondary N) is 1. The maximum Gasteiger partial charge on any atom is 0.273 e. The Kier molecular flexibility index (Phi) is 4.48. The molecule has 0 saturated carbocycles. The monoisotopic (exact) mass is 300 g/mol. The van der Waals surface area contributed by atoms with Crippen LogP contribution in [0.5, 0.6) is 0 Å². The molecule has 0 unspecified atom stereocenters. The molecule has 2 heterocycles. The molecule has 2 atom stereocenters. The average Bonchev–Trinajstić information content (AvgIpc) is 3.24. The van der Waals surface area contributed by atoms with Gasteiger partial charge in [0.1, 0.15) is 0 Å². The second-order valence-corrected chi connectivity index (χ2v) is 5.52. The number of amides is 1. The fourth-order valence-electron chi connectivity index (χ4n) is 2.56. The van der Waals surface area contributed by atoms with E-state index in [4.69, 9.17) is 4.74 Å². The first kappa shape index (κ1) is 14.7. The first-order valence-electron chi connectivity index (χ1n) is 7.60. The molecule has 6 heteroatoms. The lowest BCUT2D eigenvalue weighted by molar-refractivity contribution is 0.0853. The van der Waals surface area contributed by atoms with Crippen LogP contribution < -0.4 is 5.32 Å². The second-order valence-electron chi connectivity index (χ2n) is 5.52. The van der Waals surface area contributed by atoms with Crippen molar-refractivity contribution >= 4 is 5.91 Å². The highest BCUT2D eigenvalue weighted by molar-refractivity contribution is 5.91.